The van der Waals surface area contributed by atoms with E-state index in [1.807, 2.05) is 26.0 Å². The van der Waals surface area contributed by atoms with Crippen molar-refractivity contribution < 1.29 is 0 Å². The molecule has 17 heavy (non-hydrogen) atoms. The third-order valence-electron chi connectivity index (χ3n) is 3.18. The summed E-state index contributed by atoms with van der Waals surface area (Å²) in [7, 11) is 0. The third kappa shape index (κ3) is 1.93. The number of rotatable bonds is 1. The van der Waals surface area contributed by atoms with Crippen molar-refractivity contribution in [2.24, 2.45) is 0 Å². The molecule has 0 aliphatic rings. The highest BCUT2D eigenvalue weighted by Gasteiger charge is 2.13. The van der Waals surface area contributed by atoms with Gasteiger partial charge in [-0.1, -0.05) is 29.8 Å². The summed E-state index contributed by atoms with van der Waals surface area (Å²) in [5.74, 6) is 0.243. The predicted octanol–water partition coefficient (Wildman–Crippen LogP) is 4.03. The number of nitrogens with one attached hydrogen (secondary N) is 1. The van der Waals surface area contributed by atoms with Crippen LogP contribution in [0.25, 0.3) is 10.9 Å². The molecule has 0 radical (unpaired) electrons. The van der Waals surface area contributed by atoms with Crippen LogP contribution < -0.4 is 5.43 Å². The minimum atomic E-state index is 0.154. The van der Waals surface area contributed by atoms with Crippen LogP contribution in [0.1, 0.15) is 36.6 Å². The van der Waals surface area contributed by atoms with Gasteiger partial charge < -0.3 is 4.98 Å². The smallest absolute Gasteiger partial charge is 0.193 e. The largest absolute Gasteiger partial charge is 0.358 e. The van der Waals surface area contributed by atoms with E-state index in [0.29, 0.717) is 0 Å². The minimum absolute atomic E-state index is 0.154. The number of aryl methyl sites for hydroxylation is 2. The van der Waals surface area contributed by atoms with Gasteiger partial charge >= 0.3 is 0 Å². The fourth-order valence-corrected chi connectivity index (χ4v) is 2.63. The molecule has 0 atom stereocenters. The molecule has 3 heteroatoms. The molecule has 0 saturated heterocycles. The van der Waals surface area contributed by atoms with E-state index in [0.717, 1.165) is 32.2 Å². The summed E-state index contributed by atoms with van der Waals surface area (Å²) in [6, 6.07) is 3.82. The van der Waals surface area contributed by atoms with Crippen LogP contribution in [0.2, 0.25) is 0 Å². The Morgan fingerprint density at radius 1 is 1.24 bits per heavy atom. The second-order valence-corrected chi connectivity index (χ2v) is 5.60. The van der Waals surface area contributed by atoms with Gasteiger partial charge in [0.1, 0.15) is 0 Å². The lowest BCUT2D eigenvalue weighted by molar-refractivity contribution is 0.838. The lowest BCUT2D eigenvalue weighted by atomic mass is 9.98. The topological polar surface area (TPSA) is 32.9 Å². The average Bonchev–Trinajstić information content (AvgIpc) is 2.23. The van der Waals surface area contributed by atoms with Crippen molar-refractivity contribution in [1.29, 1.82) is 0 Å². The quantitative estimate of drug-likeness (QED) is 0.846. The standard InChI is InChI=1S/C14H16BrNO/c1-7(2)12-9(4)16-13-8(3)11(15)6-5-10(13)14(12)17/h5-7H,1-4H3,(H,16,17). The highest BCUT2D eigenvalue weighted by atomic mass is 79.9. The van der Waals surface area contributed by atoms with Gasteiger partial charge in [0.05, 0.1) is 5.52 Å². The number of aromatic amines is 1. The number of hydrogen-bond acceptors (Lipinski definition) is 1. The van der Waals surface area contributed by atoms with Crippen molar-refractivity contribution in [2.45, 2.75) is 33.6 Å². The van der Waals surface area contributed by atoms with Gasteiger partial charge in [-0.05, 0) is 37.5 Å². The lowest BCUT2D eigenvalue weighted by Crippen LogP contribution is -2.15. The molecule has 2 aromatic rings. The van der Waals surface area contributed by atoms with Crippen LogP contribution in [0, 0.1) is 13.8 Å². The Labute approximate surface area is 109 Å². The molecule has 90 valence electrons. The maximum absolute atomic E-state index is 12.4. The fraction of sp³-hybridized carbons (Fsp3) is 0.357. The molecule has 0 unspecified atom stereocenters. The Bertz CT molecular complexity index is 641. The van der Waals surface area contributed by atoms with Gasteiger partial charge in [-0.15, -0.1) is 0 Å². The van der Waals surface area contributed by atoms with E-state index in [2.05, 4.69) is 34.8 Å². The third-order valence-corrected chi connectivity index (χ3v) is 4.04. The monoisotopic (exact) mass is 293 g/mol. The molecule has 0 saturated carbocycles. The molecule has 0 spiro atoms. The zero-order valence-electron chi connectivity index (χ0n) is 10.5. The molecule has 1 N–H and O–H groups in total. The van der Waals surface area contributed by atoms with Gasteiger partial charge in [0.2, 0.25) is 0 Å². The first-order valence-electron chi connectivity index (χ1n) is 5.75. The molecule has 0 aliphatic heterocycles. The van der Waals surface area contributed by atoms with Crippen LogP contribution >= 0.6 is 15.9 Å². The molecule has 0 amide bonds. The summed E-state index contributed by atoms with van der Waals surface area (Å²) in [5, 5.41) is 0.778. The average molecular weight is 294 g/mol. The molecule has 2 nitrogen and oxygen atoms in total. The van der Waals surface area contributed by atoms with Gasteiger partial charge in [0.15, 0.2) is 5.43 Å². The molecule has 0 aliphatic carbocycles. The van der Waals surface area contributed by atoms with E-state index in [-0.39, 0.29) is 11.3 Å². The Morgan fingerprint density at radius 2 is 1.88 bits per heavy atom. The number of hydrogen-bond donors (Lipinski definition) is 1. The van der Waals surface area contributed by atoms with Crippen molar-refractivity contribution in [2.75, 3.05) is 0 Å². The summed E-state index contributed by atoms with van der Waals surface area (Å²) in [6.07, 6.45) is 0. The Hall–Kier alpha value is -1.09. The van der Waals surface area contributed by atoms with Crippen molar-refractivity contribution in [3.63, 3.8) is 0 Å². The zero-order valence-corrected chi connectivity index (χ0v) is 12.1. The van der Waals surface area contributed by atoms with E-state index in [1.165, 1.54) is 0 Å². The van der Waals surface area contributed by atoms with E-state index in [1.54, 1.807) is 0 Å². The first-order chi connectivity index (χ1) is 7.93. The first kappa shape index (κ1) is 12.4. The number of benzene rings is 1. The van der Waals surface area contributed by atoms with Gasteiger partial charge in [0.25, 0.3) is 0 Å². The molecule has 1 aromatic heterocycles. The Balaban J connectivity index is 2.96. The van der Waals surface area contributed by atoms with E-state index < -0.39 is 0 Å². The molecule has 0 fully saturated rings. The van der Waals surface area contributed by atoms with Crippen molar-refractivity contribution in [1.82, 2.24) is 4.98 Å². The summed E-state index contributed by atoms with van der Waals surface area (Å²) in [6.45, 7) is 8.08. The van der Waals surface area contributed by atoms with E-state index in [4.69, 9.17) is 0 Å². The molecule has 1 aromatic carbocycles. The second kappa shape index (κ2) is 4.30. The highest BCUT2D eigenvalue weighted by molar-refractivity contribution is 9.10. The maximum atomic E-state index is 12.4. The van der Waals surface area contributed by atoms with Crippen LogP contribution in [-0.4, -0.2) is 4.98 Å². The van der Waals surface area contributed by atoms with Crippen LogP contribution in [-0.2, 0) is 0 Å². The highest BCUT2D eigenvalue weighted by Crippen LogP contribution is 2.25. The molecule has 1 heterocycles. The van der Waals surface area contributed by atoms with Crippen LogP contribution in [0.5, 0.6) is 0 Å². The summed E-state index contributed by atoms with van der Waals surface area (Å²) in [4.78, 5) is 15.8. The van der Waals surface area contributed by atoms with Crippen LogP contribution in [0.3, 0.4) is 0 Å². The normalized spacial score (nSPS) is 11.4. The van der Waals surface area contributed by atoms with Crippen molar-refractivity contribution in [3.8, 4) is 0 Å². The summed E-state index contributed by atoms with van der Waals surface area (Å²) in [5.41, 5.74) is 4.03. The van der Waals surface area contributed by atoms with E-state index in [9.17, 15) is 4.79 Å². The number of fused-ring (bicyclic) bond motifs is 1. The molecule has 0 bridgehead atoms. The number of halogens is 1. The molecular formula is C14H16BrNO. The van der Waals surface area contributed by atoms with Crippen molar-refractivity contribution in [3.05, 3.63) is 43.6 Å². The lowest BCUT2D eigenvalue weighted by Gasteiger charge is -2.12. The molecule has 2 rings (SSSR count). The SMILES string of the molecule is Cc1[nH]c2c(C)c(Br)ccc2c(=O)c1C(C)C. The summed E-state index contributed by atoms with van der Waals surface area (Å²) >= 11 is 3.49. The Morgan fingerprint density at radius 3 is 2.47 bits per heavy atom. The van der Waals surface area contributed by atoms with Crippen molar-refractivity contribution >= 4 is 26.8 Å². The first-order valence-corrected chi connectivity index (χ1v) is 6.54. The number of pyridine rings is 1. The summed E-state index contributed by atoms with van der Waals surface area (Å²) < 4.78 is 1.03. The van der Waals surface area contributed by atoms with E-state index >= 15 is 0 Å². The number of H-pyrrole nitrogens is 1. The predicted molar refractivity (Wildman–Crippen MR) is 75.8 cm³/mol. The second-order valence-electron chi connectivity index (χ2n) is 4.74. The van der Waals surface area contributed by atoms with Gasteiger partial charge in [-0.25, -0.2) is 0 Å². The number of aromatic nitrogens is 1. The zero-order chi connectivity index (χ0) is 12.7. The molecular weight excluding hydrogens is 278 g/mol. The maximum Gasteiger partial charge on any atom is 0.193 e. The van der Waals surface area contributed by atoms with Crippen LogP contribution in [0.4, 0.5) is 0 Å². The fourth-order valence-electron chi connectivity index (χ4n) is 2.30. The Kier molecular flexibility index (Phi) is 3.13. The minimum Gasteiger partial charge on any atom is -0.358 e. The van der Waals surface area contributed by atoms with Gasteiger partial charge in [-0.2, -0.15) is 0 Å². The van der Waals surface area contributed by atoms with Gasteiger partial charge in [0, 0.05) is 21.1 Å². The van der Waals surface area contributed by atoms with Gasteiger partial charge in [-0.3, -0.25) is 4.79 Å². The van der Waals surface area contributed by atoms with Crippen LogP contribution in [0.15, 0.2) is 21.4 Å².